The number of hydrogen-bond acceptors (Lipinski definition) is 2. The fraction of sp³-hybridized carbons (Fsp3) is 0.444. The third-order valence-corrected chi connectivity index (χ3v) is 5.03. The summed E-state index contributed by atoms with van der Waals surface area (Å²) in [6.45, 7) is 3.45. The summed E-state index contributed by atoms with van der Waals surface area (Å²) < 4.78 is 14.0. The number of rotatable bonds is 4. The van der Waals surface area contributed by atoms with Crippen LogP contribution in [0.5, 0.6) is 0 Å². The fourth-order valence-electron chi connectivity index (χ4n) is 3.94. The van der Waals surface area contributed by atoms with E-state index in [1.807, 2.05) is 12.2 Å². The maximum atomic E-state index is 14.0. The van der Waals surface area contributed by atoms with Gasteiger partial charge in [-0.25, -0.2) is 4.39 Å². The van der Waals surface area contributed by atoms with Gasteiger partial charge in [0.1, 0.15) is 5.82 Å². The molecule has 1 saturated carbocycles. The molecular formula is C18H20FNO3. The van der Waals surface area contributed by atoms with Crippen LogP contribution in [0.1, 0.15) is 25.8 Å². The van der Waals surface area contributed by atoms with Gasteiger partial charge in [0.2, 0.25) is 5.91 Å². The van der Waals surface area contributed by atoms with Gasteiger partial charge in [0, 0.05) is 5.56 Å². The Morgan fingerprint density at radius 2 is 1.78 bits per heavy atom. The van der Waals surface area contributed by atoms with E-state index in [-0.39, 0.29) is 23.6 Å². The zero-order valence-electron chi connectivity index (χ0n) is 13.1. The van der Waals surface area contributed by atoms with Gasteiger partial charge in [-0.1, -0.05) is 30.4 Å². The summed E-state index contributed by atoms with van der Waals surface area (Å²) in [5.74, 6) is -3.05. The number of carbonyl (C=O) groups is 2. The second-order valence-corrected chi connectivity index (χ2v) is 6.93. The number of halogens is 1. The Hall–Kier alpha value is -2.17. The summed E-state index contributed by atoms with van der Waals surface area (Å²) in [6, 6.07) is 6.29. The molecule has 4 nitrogen and oxygen atoms in total. The van der Waals surface area contributed by atoms with Crippen LogP contribution in [0.15, 0.2) is 36.4 Å². The van der Waals surface area contributed by atoms with Crippen LogP contribution in [0.25, 0.3) is 0 Å². The van der Waals surface area contributed by atoms with Crippen molar-refractivity contribution in [3.8, 4) is 0 Å². The molecule has 3 rings (SSSR count). The third-order valence-electron chi connectivity index (χ3n) is 5.03. The molecule has 2 aliphatic carbocycles. The van der Waals surface area contributed by atoms with Gasteiger partial charge in [0.25, 0.3) is 0 Å². The van der Waals surface area contributed by atoms with Crippen molar-refractivity contribution in [3.05, 3.63) is 47.8 Å². The monoisotopic (exact) mass is 317 g/mol. The van der Waals surface area contributed by atoms with E-state index in [0.29, 0.717) is 12.0 Å². The van der Waals surface area contributed by atoms with Gasteiger partial charge < -0.3 is 10.4 Å². The normalized spacial score (nSPS) is 28.8. The van der Waals surface area contributed by atoms with Crippen molar-refractivity contribution >= 4 is 11.9 Å². The van der Waals surface area contributed by atoms with E-state index in [0.717, 1.165) is 0 Å². The predicted octanol–water partition coefficient (Wildman–Crippen LogP) is 2.70. The molecule has 2 aliphatic rings. The molecule has 4 atom stereocenters. The maximum Gasteiger partial charge on any atom is 0.307 e. The van der Waals surface area contributed by atoms with Crippen molar-refractivity contribution in [2.75, 3.05) is 0 Å². The van der Waals surface area contributed by atoms with Gasteiger partial charge in [-0.15, -0.1) is 0 Å². The molecule has 0 heterocycles. The molecule has 0 aliphatic heterocycles. The van der Waals surface area contributed by atoms with E-state index in [9.17, 15) is 19.1 Å². The maximum absolute atomic E-state index is 14.0. The highest BCUT2D eigenvalue weighted by atomic mass is 19.1. The number of fused-ring (bicyclic) bond motifs is 2. The topological polar surface area (TPSA) is 66.4 Å². The van der Waals surface area contributed by atoms with Gasteiger partial charge >= 0.3 is 5.97 Å². The summed E-state index contributed by atoms with van der Waals surface area (Å²) in [4.78, 5) is 24.2. The van der Waals surface area contributed by atoms with Crippen molar-refractivity contribution in [1.29, 1.82) is 0 Å². The number of allylic oxidation sites excluding steroid dienone is 2. The highest BCUT2D eigenvalue weighted by molar-refractivity contribution is 5.87. The molecule has 5 heteroatoms. The van der Waals surface area contributed by atoms with E-state index in [2.05, 4.69) is 5.32 Å². The Bertz CT molecular complexity index is 683. The summed E-state index contributed by atoms with van der Waals surface area (Å²) in [6.07, 6.45) is 4.54. The SMILES string of the molecule is CC(C)(NC(=O)C1C2C=CC(C2)C1C(=O)O)c1ccccc1F. The number of carboxylic acid groups (broad SMARTS) is 1. The Balaban J connectivity index is 1.83. The second-order valence-electron chi connectivity index (χ2n) is 6.93. The van der Waals surface area contributed by atoms with Crippen molar-refractivity contribution in [1.82, 2.24) is 5.32 Å². The van der Waals surface area contributed by atoms with Crippen LogP contribution in [0.3, 0.4) is 0 Å². The first kappa shape index (κ1) is 15.7. The fourth-order valence-corrected chi connectivity index (χ4v) is 3.94. The number of carboxylic acids is 1. The number of benzene rings is 1. The van der Waals surface area contributed by atoms with Crippen LogP contribution in [-0.4, -0.2) is 17.0 Å². The minimum absolute atomic E-state index is 0.0440. The number of nitrogens with one attached hydrogen (secondary N) is 1. The first-order chi connectivity index (χ1) is 10.8. The second kappa shape index (κ2) is 5.48. The lowest BCUT2D eigenvalue weighted by molar-refractivity contribution is -0.148. The zero-order valence-corrected chi connectivity index (χ0v) is 13.1. The molecule has 0 aromatic heterocycles. The van der Waals surface area contributed by atoms with Gasteiger partial charge in [0.05, 0.1) is 17.4 Å². The standard InChI is InChI=1S/C18H20FNO3/c1-18(2,12-5-3-4-6-13(12)19)20-16(21)14-10-7-8-11(9-10)15(14)17(22)23/h3-8,10-11,14-15H,9H2,1-2H3,(H,20,21)(H,22,23). The lowest BCUT2D eigenvalue weighted by Gasteiger charge is -2.31. The molecule has 2 N–H and O–H groups in total. The molecule has 2 bridgehead atoms. The van der Waals surface area contributed by atoms with Gasteiger partial charge in [-0.3, -0.25) is 9.59 Å². The van der Waals surface area contributed by atoms with Crippen LogP contribution in [0.2, 0.25) is 0 Å². The third kappa shape index (κ3) is 2.64. The van der Waals surface area contributed by atoms with Crippen molar-refractivity contribution in [3.63, 3.8) is 0 Å². The summed E-state index contributed by atoms with van der Waals surface area (Å²) in [5.41, 5.74) is -0.518. The highest BCUT2D eigenvalue weighted by Crippen LogP contribution is 2.48. The molecular weight excluding hydrogens is 297 g/mol. The highest BCUT2D eigenvalue weighted by Gasteiger charge is 2.52. The van der Waals surface area contributed by atoms with Crippen LogP contribution in [0.4, 0.5) is 4.39 Å². The lowest BCUT2D eigenvalue weighted by Crippen LogP contribution is -2.48. The van der Waals surface area contributed by atoms with Crippen LogP contribution in [-0.2, 0) is 15.1 Å². The Morgan fingerprint density at radius 1 is 1.17 bits per heavy atom. The smallest absolute Gasteiger partial charge is 0.307 e. The van der Waals surface area contributed by atoms with Gasteiger partial charge in [-0.05, 0) is 38.2 Å². The number of amides is 1. The summed E-state index contributed by atoms with van der Waals surface area (Å²) in [7, 11) is 0. The molecule has 0 radical (unpaired) electrons. The number of aliphatic carboxylic acids is 1. The van der Waals surface area contributed by atoms with Crippen LogP contribution >= 0.6 is 0 Å². The Labute approximate surface area is 134 Å². The summed E-state index contributed by atoms with van der Waals surface area (Å²) >= 11 is 0. The van der Waals surface area contributed by atoms with E-state index >= 15 is 0 Å². The quantitative estimate of drug-likeness (QED) is 0.839. The first-order valence-electron chi connectivity index (χ1n) is 7.79. The van der Waals surface area contributed by atoms with E-state index in [4.69, 9.17) is 0 Å². The molecule has 4 unspecified atom stereocenters. The molecule has 0 saturated heterocycles. The molecule has 1 amide bonds. The number of hydrogen-bond donors (Lipinski definition) is 2. The zero-order chi connectivity index (χ0) is 16.8. The predicted molar refractivity (Wildman–Crippen MR) is 82.9 cm³/mol. The van der Waals surface area contributed by atoms with Crippen LogP contribution < -0.4 is 5.32 Å². The van der Waals surface area contributed by atoms with Crippen LogP contribution in [0, 0.1) is 29.5 Å². The lowest BCUT2D eigenvalue weighted by atomic mass is 9.81. The largest absolute Gasteiger partial charge is 0.481 e. The van der Waals surface area contributed by atoms with E-state index in [1.165, 1.54) is 6.07 Å². The molecule has 23 heavy (non-hydrogen) atoms. The van der Waals surface area contributed by atoms with Crippen molar-refractivity contribution in [2.24, 2.45) is 23.7 Å². The Kier molecular flexibility index (Phi) is 3.74. The molecule has 122 valence electrons. The Morgan fingerprint density at radius 3 is 2.39 bits per heavy atom. The minimum atomic E-state index is -0.939. The minimum Gasteiger partial charge on any atom is -0.481 e. The van der Waals surface area contributed by atoms with Gasteiger partial charge in [0.15, 0.2) is 0 Å². The van der Waals surface area contributed by atoms with Crippen molar-refractivity contribution < 1.29 is 19.1 Å². The van der Waals surface area contributed by atoms with E-state index in [1.54, 1.807) is 32.0 Å². The van der Waals surface area contributed by atoms with E-state index < -0.39 is 23.3 Å². The molecule has 0 spiro atoms. The molecule has 1 aromatic carbocycles. The number of carbonyl (C=O) groups excluding carboxylic acids is 1. The molecule has 1 aromatic rings. The average molecular weight is 317 g/mol. The first-order valence-corrected chi connectivity index (χ1v) is 7.79. The average Bonchev–Trinajstić information content (AvgIpc) is 3.07. The van der Waals surface area contributed by atoms with Crippen molar-refractivity contribution in [2.45, 2.75) is 25.8 Å². The molecule has 1 fully saturated rings. The summed E-state index contributed by atoms with van der Waals surface area (Å²) in [5, 5.41) is 12.3. The van der Waals surface area contributed by atoms with Gasteiger partial charge in [-0.2, -0.15) is 0 Å².